The van der Waals surface area contributed by atoms with Crippen molar-refractivity contribution in [3.8, 4) is 5.69 Å². The van der Waals surface area contributed by atoms with E-state index in [2.05, 4.69) is 10.1 Å². The molecule has 1 aromatic carbocycles. The summed E-state index contributed by atoms with van der Waals surface area (Å²) in [7, 11) is 0. The van der Waals surface area contributed by atoms with E-state index in [1.165, 1.54) is 18.0 Å². The average molecular weight is 285 g/mol. The molecule has 0 bridgehead atoms. The van der Waals surface area contributed by atoms with Crippen molar-refractivity contribution in [1.82, 2.24) is 14.8 Å². The molecule has 5 nitrogen and oxygen atoms in total. The number of hydrogen-bond donors (Lipinski definition) is 0. The Hall–Kier alpha value is -2.34. The second-order valence-corrected chi connectivity index (χ2v) is 5.01. The van der Waals surface area contributed by atoms with Gasteiger partial charge in [0.05, 0.1) is 23.1 Å². The van der Waals surface area contributed by atoms with E-state index in [4.69, 9.17) is 4.42 Å². The van der Waals surface area contributed by atoms with Crippen LogP contribution in [0.15, 0.2) is 57.5 Å². The first-order valence-corrected chi connectivity index (χ1v) is 6.79. The van der Waals surface area contributed by atoms with Gasteiger partial charge in [0.2, 0.25) is 0 Å². The van der Waals surface area contributed by atoms with Gasteiger partial charge in [-0.25, -0.2) is 9.67 Å². The monoisotopic (exact) mass is 285 g/mol. The van der Waals surface area contributed by atoms with Gasteiger partial charge in [0.15, 0.2) is 6.29 Å². The van der Waals surface area contributed by atoms with Gasteiger partial charge in [0, 0.05) is 0 Å². The SMILES string of the molecule is Cc1nn(-c2ccccc2)c(Sc2ncco2)c1C=O. The maximum Gasteiger partial charge on any atom is 0.261 e. The number of benzene rings is 1. The molecule has 0 saturated heterocycles. The molecule has 0 aliphatic heterocycles. The number of hydrogen-bond acceptors (Lipinski definition) is 5. The van der Waals surface area contributed by atoms with Crippen LogP contribution in [-0.2, 0) is 0 Å². The van der Waals surface area contributed by atoms with Crippen LogP contribution in [-0.4, -0.2) is 21.1 Å². The molecule has 0 radical (unpaired) electrons. The molecule has 20 heavy (non-hydrogen) atoms. The molecule has 2 heterocycles. The quantitative estimate of drug-likeness (QED) is 0.689. The molecule has 3 aromatic rings. The highest BCUT2D eigenvalue weighted by Gasteiger charge is 2.18. The number of para-hydroxylation sites is 1. The highest BCUT2D eigenvalue weighted by Crippen LogP contribution is 2.32. The zero-order valence-electron chi connectivity index (χ0n) is 10.7. The van der Waals surface area contributed by atoms with Crippen LogP contribution in [0.5, 0.6) is 0 Å². The van der Waals surface area contributed by atoms with Gasteiger partial charge in [0.1, 0.15) is 11.3 Å². The predicted molar refractivity (Wildman–Crippen MR) is 74.3 cm³/mol. The van der Waals surface area contributed by atoms with Crippen LogP contribution in [0.2, 0.25) is 0 Å². The number of nitrogens with zero attached hydrogens (tertiary/aromatic N) is 3. The third-order valence-electron chi connectivity index (χ3n) is 2.77. The normalized spacial score (nSPS) is 10.7. The van der Waals surface area contributed by atoms with E-state index in [0.717, 1.165) is 12.0 Å². The minimum absolute atomic E-state index is 0.477. The molecule has 0 amide bonds. The van der Waals surface area contributed by atoms with Crippen molar-refractivity contribution in [3.63, 3.8) is 0 Å². The summed E-state index contributed by atoms with van der Waals surface area (Å²) >= 11 is 1.28. The molecule has 0 N–H and O–H groups in total. The molecule has 0 fully saturated rings. The van der Waals surface area contributed by atoms with E-state index in [1.54, 1.807) is 10.9 Å². The lowest BCUT2D eigenvalue weighted by Gasteiger charge is -2.05. The van der Waals surface area contributed by atoms with E-state index in [1.807, 2.05) is 37.3 Å². The van der Waals surface area contributed by atoms with Gasteiger partial charge >= 0.3 is 0 Å². The molecule has 0 saturated carbocycles. The van der Waals surface area contributed by atoms with E-state index >= 15 is 0 Å². The lowest BCUT2D eigenvalue weighted by Crippen LogP contribution is -1.98. The first-order valence-electron chi connectivity index (χ1n) is 5.97. The lowest BCUT2D eigenvalue weighted by atomic mass is 10.3. The number of carbonyl (C=O) groups is 1. The van der Waals surface area contributed by atoms with Gasteiger partial charge in [0.25, 0.3) is 5.22 Å². The molecular formula is C14H11N3O2S. The van der Waals surface area contributed by atoms with Crippen LogP contribution in [0, 0.1) is 6.92 Å². The standard InChI is InChI=1S/C14H11N3O2S/c1-10-12(9-18)13(20-14-15-7-8-19-14)17(16-10)11-5-3-2-4-6-11/h2-9H,1H3. The number of aldehydes is 1. The van der Waals surface area contributed by atoms with Crippen molar-refractivity contribution < 1.29 is 9.21 Å². The maximum absolute atomic E-state index is 11.3. The summed E-state index contributed by atoms with van der Waals surface area (Å²) in [6.45, 7) is 1.81. The highest BCUT2D eigenvalue weighted by atomic mass is 32.2. The number of carbonyl (C=O) groups excluding carboxylic acids is 1. The van der Waals surface area contributed by atoms with Crippen LogP contribution in [0.25, 0.3) is 5.69 Å². The Morgan fingerprint density at radius 2 is 2.10 bits per heavy atom. The first-order chi connectivity index (χ1) is 9.79. The molecule has 0 spiro atoms. The van der Waals surface area contributed by atoms with E-state index in [9.17, 15) is 4.79 Å². The van der Waals surface area contributed by atoms with E-state index in [0.29, 0.717) is 21.5 Å². The van der Waals surface area contributed by atoms with Crippen LogP contribution in [0.3, 0.4) is 0 Å². The summed E-state index contributed by atoms with van der Waals surface area (Å²) in [5.74, 6) is 0. The molecule has 0 unspecified atom stereocenters. The van der Waals surface area contributed by atoms with Gasteiger partial charge in [-0.3, -0.25) is 4.79 Å². The van der Waals surface area contributed by atoms with Gasteiger partial charge in [-0.15, -0.1) is 0 Å². The lowest BCUT2D eigenvalue weighted by molar-refractivity contribution is 0.112. The van der Waals surface area contributed by atoms with Gasteiger partial charge < -0.3 is 4.42 Å². The zero-order valence-corrected chi connectivity index (χ0v) is 11.5. The fourth-order valence-electron chi connectivity index (χ4n) is 1.84. The second kappa shape index (κ2) is 5.34. The van der Waals surface area contributed by atoms with E-state index < -0.39 is 0 Å². The highest BCUT2D eigenvalue weighted by molar-refractivity contribution is 7.99. The Labute approximate surface area is 119 Å². The molecule has 3 rings (SSSR count). The minimum atomic E-state index is 0.477. The van der Waals surface area contributed by atoms with E-state index in [-0.39, 0.29) is 0 Å². The summed E-state index contributed by atoms with van der Waals surface area (Å²) in [5.41, 5.74) is 2.12. The Morgan fingerprint density at radius 1 is 1.30 bits per heavy atom. The van der Waals surface area contributed by atoms with Crippen molar-refractivity contribution in [2.45, 2.75) is 17.2 Å². The number of rotatable bonds is 4. The molecule has 2 aromatic heterocycles. The van der Waals surface area contributed by atoms with Crippen LogP contribution in [0.4, 0.5) is 0 Å². The third kappa shape index (κ3) is 2.25. The largest absolute Gasteiger partial charge is 0.440 e. The number of aromatic nitrogens is 3. The maximum atomic E-state index is 11.3. The Morgan fingerprint density at radius 3 is 2.75 bits per heavy atom. The Balaban J connectivity index is 2.12. The third-order valence-corrected chi connectivity index (χ3v) is 3.74. The summed E-state index contributed by atoms with van der Waals surface area (Å²) in [5, 5.41) is 5.60. The second-order valence-electron chi connectivity index (χ2n) is 4.07. The Kier molecular flexibility index (Phi) is 3.39. The Bertz CT molecular complexity index is 720. The summed E-state index contributed by atoms with van der Waals surface area (Å²) in [6, 6.07) is 9.64. The van der Waals surface area contributed by atoms with Gasteiger partial charge in [-0.05, 0) is 30.8 Å². The van der Waals surface area contributed by atoms with Crippen LogP contribution in [0.1, 0.15) is 16.1 Å². The number of oxazole rings is 1. The predicted octanol–water partition coefficient (Wildman–Crippen LogP) is 3.13. The molecule has 0 aliphatic rings. The summed E-state index contributed by atoms with van der Waals surface area (Å²) in [4.78, 5) is 15.4. The van der Waals surface area contributed by atoms with Crippen molar-refractivity contribution in [2.24, 2.45) is 0 Å². The fraction of sp³-hybridized carbons (Fsp3) is 0.0714. The summed E-state index contributed by atoms with van der Waals surface area (Å²) < 4.78 is 6.96. The summed E-state index contributed by atoms with van der Waals surface area (Å²) in [6.07, 6.45) is 3.88. The first kappa shape index (κ1) is 12.7. The molecule has 0 atom stereocenters. The van der Waals surface area contributed by atoms with Gasteiger partial charge in [-0.2, -0.15) is 5.10 Å². The van der Waals surface area contributed by atoms with Crippen molar-refractivity contribution >= 4 is 18.0 Å². The van der Waals surface area contributed by atoms with Crippen LogP contribution < -0.4 is 0 Å². The smallest absolute Gasteiger partial charge is 0.261 e. The topological polar surface area (TPSA) is 60.9 Å². The average Bonchev–Trinajstić information content (AvgIpc) is 3.08. The molecule has 0 aliphatic carbocycles. The number of aryl methyl sites for hydroxylation is 1. The fourth-order valence-corrected chi connectivity index (χ4v) is 2.76. The zero-order chi connectivity index (χ0) is 13.9. The molecule has 100 valence electrons. The van der Waals surface area contributed by atoms with Gasteiger partial charge in [-0.1, -0.05) is 18.2 Å². The van der Waals surface area contributed by atoms with Crippen molar-refractivity contribution in [3.05, 3.63) is 54.0 Å². The minimum Gasteiger partial charge on any atom is -0.440 e. The molecule has 6 heteroatoms. The van der Waals surface area contributed by atoms with Crippen LogP contribution >= 0.6 is 11.8 Å². The van der Waals surface area contributed by atoms with Crippen molar-refractivity contribution in [1.29, 1.82) is 0 Å². The van der Waals surface area contributed by atoms with Crippen molar-refractivity contribution in [2.75, 3.05) is 0 Å². The molecular weight excluding hydrogens is 274 g/mol.